The van der Waals surface area contributed by atoms with Gasteiger partial charge in [-0.05, 0) is 32.3 Å². The van der Waals surface area contributed by atoms with Crippen LogP contribution in [-0.4, -0.2) is 18.9 Å². The Hall–Kier alpha value is -1.64. The zero-order valence-electron chi connectivity index (χ0n) is 10.4. The Morgan fingerprint density at radius 3 is 2.35 bits per heavy atom. The lowest BCUT2D eigenvalue weighted by molar-refractivity contribution is -0.145. The molecule has 0 aliphatic heterocycles. The summed E-state index contributed by atoms with van der Waals surface area (Å²) in [5, 5.41) is 0. The van der Waals surface area contributed by atoms with E-state index < -0.39 is 11.4 Å². The van der Waals surface area contributed by atoms with E-state index in [1.807, 2.05) is 26.0 Å². The Morgan fingerprint density at radius 2 is 1.88 bits per heavy atom. The third kappa shape index (κ3) is 1.86. The molecular formula is C14H16O3. The highest BCUT2D eigenvalue weighted by Crippen LogP contribution is 2.49. The number of carbonyl (C=O) groups is 2. The van der Waals surface area contributed by atoms with Crippen molar-refractivity contribution in [1.82, 2.24) is 0 Å². The first-order chi connectivity index (χ1) is 8.01. The average molecular weight is 232 g/mol. The smallest absolute Gasteiger partial charge is 0.319 e. The van der Waals surface area contributed by atoms with Crippen LogP contribution in [0.5, 0.6) is 0 Å². The van der Waals surface area contributed by atoms with Crippen LogP contribution in [0.15, 0.2) is 18.2 Å². The van der Waals surface area contributed by atoms with Crippen molar-refractivity contribution in [2.75, 3.05) is 7.11 Å². The lowest BCUT2D eigenvalue weighted by atomic mass is 9.91. The molecule has 90 valence electrons. The van der Waals surface area contributed by atoms with Crippen LogP contribution in [-0.2, 0) is 9.53 Å². The van der Waals surface area contributed by atoms with E-state index in [4.69, 9.17) is 4.74 Å². The molecule has 0 amide bonds. The van der Waals surface area contributed by atoms with Crippen LogP contribution in [0.3, 0.4) is 0 Å². The second-order valence-electron chi connectivity index (χ2n) is 4.72. The molecule has 0 bridgehead atoms. The van der Waals surface area contributed by atoms with E-state index in [2.05, 4.69) is 0 Å². The summed E-state index contributed by atoms with van der Waals surface area (Å²) in [5.41, 5.74) is 1.78. The van der Waals surface area contributed by atoms with Gasteiger partial charge >= 0.3 is 5.97 Å². The number of Topliss-reactive ketones (excluding diaryl/α,β-unsaturated/α-hetero) is 1. The van der Waals surface area contributed by atoms with E-state index in [0.717, 1.165) is 11.1 Å². The Labute approximate surface area is 101 Å². The van der Waals surface area contributed by atoms with Crippen LogP contribution in [0.25, 0.3) is 0 Å². The van der Waals surface area contributed by atoms with Crippen molar-refractivity contribution in [2.24, 2.45) is 5.41 Å². The van der Waals surface area contributed by atoms with Crippen molar-refractivity contribution in [2.45, 2.75) is 26.7 Å². The van der Waals surface area contributed by atoms with Crippen molar-refractivity contribution in [3.63, 3.8) is 0 Å². The van der Waals surface area contributed by atoms with E-state index in [9.17, 15) is 9.59 Å². The van der Waals surface area contributed by atoms with Crippen LogP contribution < -0.4 is 0 Å². The van der Waals surface area contributed by atoms with Crippen LogP contribution in [0.4, 0.5) is 0 Å². The van der Waals surface area contributed by atoms with E-state index >= 15 is 0 Å². The van der Waals surface area contributed by atoms with Gasteiger partial charge in [0.25, 0.3) is 0 Å². The standard InChI is InChI=1S/C14H16O3/c1-9-4-5-11(10(2)8-9)12(15)14(6-7-14)13(16)17-3/h4-5,8H,6-7H2,1-3H3. The molecule has 1 aliphatic carbocycles. The molecular weight excluding hydrogens is 216 g/mol. The number of aryl methyl sites for hydroxylation is 2. The highest BCUT2D eigenvalue weighted by atomic mass is 16.5. The molecule has 1 saturated carbocycles. The van der Waals surface area contributed by atoms with Gasteiger partial charge in [0.05, 0.1) is 7.11 Å². The summed E-state index contributed by atoms with van der Waals surface area (Å²) >= 11 is 0. The molecule has 1 aromatic rings. The van der Waals surface area contributed by atoms with Crippen LogP contribution >= 0.6 is 0 Å². The number of carbonyl (C=O) groups excluding carboxylic acids is 2. The molecule has 1 fully saturated rings. The Morgan fingerprint density at radius 1 is 1.24 bits per heavy atom. The zero-order chi connectivity index (χ0) is 12.6. The second-order valence-corrected chi connectivity index (χ2v) is 4.72. The maximum absolute atomic E-state index is 12.4. The quantitative estimate of drug-likeness (QED) is 0.456. The topological polar surface area (TPSA) is 43.4 Å². The first-order valence-electron chi connectivity index (χ1n) is 5.72. The molecule has 0 radical (unpaired) electrons. The van der Waals surface area contributed by atoms with Gasteiger partial charge < -0.3 is 4.74 Å². The molecule has 0 N–H and O–H groups in total. The summed E-state index contributed by atoms with van der Waals surface area (Å²) in [5.74, 6) is -0.496. The number of esters is 1. The number of methoxy groups -OCH3 is 1. The molecule has 0 saturated heterocycles. The number of hydrogen-bond donors (Lipinski definition) is 0. The minimum Gasteiger partial charge on any atom is -0.468 e. The number of ketones is 1. The van der Waals surface area contributed by atoms with E-state index in [-0.39, 0.29) is 5.78 Å². The zero-order valence-corrected chi connectivity index (χ0v) is 10.4. The maximum atomic E-state index is 12.4. The molecule has 0 unspecified atom stereocenters. The first-order valence-corrected chi connectivity index (χ1v) is 5.72. The number of ether oxygens (including phenoxy) is 1. The van der Waals surface area contributed by atoms with Gasteiger partial charge in [0.2, 0.25) is 0 Å². The van der Waals surface area contributed by atoms with Crippen molar-refractivity contribution in [3.05, 3.63) is 34.9 Å². The molecule has 0 heterocycles. The molecule has 0 aromatic heterocycles. The van der Waals surface area contributed by atoms with Gasteiger partial charge in [-0.2, -0.15) is 0 Å². The van der Waals surface area contributed by atoms with Crippen molar-refractivity contribution in [1.29, 1.82) is 0 Å². The summed E-state index contributed by atoms with van der Waals surface area (Å²) in [6.45, 7) is 3.88. The fourth-order valence-electron chi connectivity index (χ4n) is 2.17. The van der Waals surface area contributed by atoms with Crippen LogP contribution in [0, 0.1) is 19.3 Å². The van der Waals surface area contributed by atoms with Gasteiger partial charge in [-0.1, -0.05) is 23.8 Å². The fraction of sp³-hybridized carbons (Fsp3) is 0.429. The summed E-state index contributed by atoms with van der Waals surface area (Å²) in [6.07, 6.45) is 1.21. The SMILES string of the molecule is COC(=O)C1(C(=O)c2ccc(C)cc2C)CC1. The Kier molecular flexibility index (Phi) is 2.77. The monoisotopic (exact) mass is 232 g/mol. The second kappa shape index (κ2) is 3.99. The molecule has 1 aliphatic rings. The van der Waals surface area contributed by atoms with E-state index in [1.54, 1.807) is 6.07 Å². The molecule has 3 nitrogen and oxygen atoms in total. The minimum absolute atomic E-state index is 0.0955. The van der Waals surface area contributed by atoms with Crippen LogP contribution in [0.2, 0.25) is 0 Å². The largest absolute Gasteiger partial charge is 0.468 e. The highest BCUT2D eigenvalue weighted by molar-refractivity contribution is 6.15. The van der Waals surface area contributed by atoms with Crippen LogP contribution in [0.1, 0.15) is 34.3 Å². The maximum Gasteiger partial charge on any atom is 0.319 e. The first kappa shape index (κ1) is 11.8. The predicted octanol–water partition coefficient (Wildman–Crippen LogP) is 2.44. The summed E-state index contributed by atoms with van der Waals surface area (Å²) in [7, 11) is 1.33. The Bertz CT molecular complexity index is 484. The number of hydrogen-bond acceptors (Lipinski definition) is 3. The van der Waals surface area contributed by atoms with Crippen molar-refractivity contribution in [3.8, 4) is 0 Å². The van der Waals surface area contributed by atoms with Gasteiger partial charge in [-0.3, -0.25) is 9.59 Å². The van der Waals surface area contributed by atoms with Gasteiger partial charge in [-0.15, -0.1) is 0 Å². The lowest BCUT2D eigenvalue weighted by Gasteiger charge is -2.13. The third-order valence-corrected chi connectivity index (χ3v) is 3.39. The molecule has 0 atom stereocenters. The molecule has 17 heavy (non-hydrogen) atoms. The summed E-state index contributed by atoms with van der Waals surface area (Å²) in [4.78, 5) is 24.0. The van der Waals surface area contributed by atoms with E-state index in [1.165, 1.54) is 7.11 Å². The summed E-state index contributed by atoms with van der Waals surface area (Å²) < 4.78 is 4.72. The van der Waals surface area contributed by atoms with Gasteiger partial charge in [0.1, 0.15) is 5.41 Å². The summed E-state index contributed by atoms with van der Waals surface area (Å²) in [6, 6.07) is 5.66. The molecule has 0 spiro atoms. The van der Waals surface area contributed by atoms with Gasteiger partial charge in [0.15, 0.2) is 5.78 Å². The van der Waals surface area contributed by atoms with Gasteiger partial charge in [-0.25, -0.2) is 0 Å². The number of benzene rings is 1. The lowest BCUT2D eigenvalue weighted by Crippen LogP contribution is -2.27. The van der Waals surface area contributed by atoms with Gasteiger partial charge in [0, 0.05) is 5.56 Å². The molecule has 3 heteroatoms. The average Bonchev–Trinajstić information content (AvgIpc) is 3.08. The fourth-order valence-corrected chi connectivity index (χ4v) is 2.17. The minimum atomic E-state index is -0.894. The van der Waals surface area contributed by atoms with E-state index in [0.29, 0.717) is 18.4 Å². The third-order valence-electron chi connectivity index (χ3n) is 3.39. The molecule has 2 rings (SSSR count). The normalized spacial score (nSPS) is 16.4. The molecule has 1 aromatic carbocycles. The highest BCUT2D eigenvalue weighted by Gasteiger charge is 2.57. The predicted molar refractivity (Wildman–Crippen MR) is 63.9 cm³/mol. The Balaban J connectivity index is 2.35. The number of rotatable bonds is 3. The van der Waals surface area contributed by atoms with Crippen molar-refractivity contribution >= 4 is 11.8 Å². The van der Waals surface area contributed by atoms with Crippen molar-refractivity contribution < 1.29 is 14.3 Å².